The fraction of sp³-hybridized carbons (Fsp3) is 0.667. The summed E-state index contributed by atoms with van der Waals surface area (Å²) in [6.45, 7) is 11.9. The molecule has 0 amide bonds. The lowest BCUT2D eigenvalue weighted by Gasteiger charge is -2.28. The first-order valence-electron chi connectivity index (χ1n) is 6.61. The third kappa shape index (κ3) is 4.65. The van der Waals surface area contributed by atoms with E-state index in [2.05, 4.69) is 50.7 Å². The summed E-state index contributed by atoms with van der Waals surface area (Å²) in [6, 6.07) is 2.38. The van der Waals surface area contributed by atoms with Crippen molar-refractivity contribution < 1.29 is 0 Å². The molecule has 1 rings (SSSR count). The van der Waals surface area contributed by atoms with Gasteiger partial charge in [-0.25, -0.2) is 4.98 Å². The van der Waals surface area contributed by atoms with E-state index < -0.39 is 0 Å². The van der Waals surface area contributed by atoms with Crippen molar-refractivity contribution in [3.8, 4) is 0 Å². The first-order valence-corrected chi connectivity index (χ1v) is 6.61. The van der Waals surface area contributed by atoms with Crippen molar-refractivity contribution in [2.45, 2.75) is 47.1 Å². The van der Waals surface area contributed by atoms with E-state index in [4.69, 9.17) is 5.73 Å². The Morgan fingerprint density at radius 3 is 2.44 bits per heavy atom. The molecule has 0 aromatic carbocycles. The molecule has 2 N–H and O–H groups in total. The van der Waals surface area contributed by atoms with Gasteiger partial charge in [0.2, 0.25) is 0 Å². The number of nitrogens with zero attached hydrogens (tertiary/aromatic N) is 2. The second-order valence-electron chi connectivity index (χ2n) is 6.58. The van der Waals surface area contributed by atoms with Crippen LogP contribution in [0.25, 0.3) is 0 Å². The molecule has 0 spiro atoms. The van der Waals surface area contributed by atoms with Crippen molar-refractivity contribution in [3.63, 3.8) is 0 Å². The first kappa shape index (κ1) is 15.0. The first-order chi connectivity index (χ1) is 8.19. The summed E-state index contributed by atoms with van der Waals surface area (Å²) >= 11 is 0. The maximum atomic E-state index is 5.82. The lowest BCUT2D eigenvalue weighted by Crippen LogP contribution is -2.30. The third-order valence-electron chi connectivity index (χ3n) is 2.74. The van der Waals surface area contributed by atoms with Crippen LogP contribution in [-0.2, 0) is 6.42 Å². The Kier molecular flexibility index (Phi) is 4.74. The molecule has 1 aromatic rings. The monoisotopic (exact) mass is 249 g/mol. The van der Waals surface area contributed by atoms with Crippen molar-refractivity contribution in [2.24, 2.45) is 11.1 Å². The van der Waals surface area contributed by atoms with E-state index in [0.717, 1.165) is 18.8 Å². The van der Waals surface area contributed by atoms with Crippen LogP contribution in [0.3, 0.4) is 0 Å². The molecule has 0 aliphatic heterocycles. The quantitative estimate of drug-likeness (QED) is 0.892. The molecule has 0 aliphatic rings. The maximum absolute atomic E-state index is 5.82. The zero-order chi connectivity index (χ0) is 13.9. The Bertz CT molecular complexity index is 391. The summed E-state index contributed by atoms with van der Waals surface area (Å²) in [5.74, 6) is 1.07. The van der Waals surface area contributed by atoms with Gasteiger partial charge in [0, 0.05) is 25.8 Å². The largest absolute Gasteiger partial charge is 0.359 e. The van der Waals surface area contributed by atoms with Crippen molar-refractivity contribution in [1.82, 2.24) is 4.98 Å². The molecular weight excluding hydrogens is 222 g/mol. The summed E-state index contributed by atoms with van der Waals surface area (Å²) in [5.41, 5.74) is 8.53. The highest BCUT2D eigenvalue weighted by Crippen LogP contribution is 2.22. The Morgan fingerprint density at radius 1 is 1.39 bits per heavy atom. The molecule has 0 saturated carbocycles. The number of hydrogen-bond acceptors (Lipinski definition) is 3. The average molecular weight is 249 g/mol. The maximum Gasteiger partial charge on any atom is 0.131 e. The van der Waals surface area contributed by atoms with Crippen LogP contribution in [0.5, 0.6) is 0 Å². The van der Waals surface area contributed by atoms with Gasteiger partial charge >= 0.3 is 0 Å². The molecule has 0 bridgehead atoms. The van der Waals surface area contributed by atoms with Crippen LogP contribution in [0.2, 0.25) is 0 Å². The normalized spacial score (nSPS) is 13.5. The number of anilines is 1. The summed E-state index contributed by atoms with van der Waals surface area (Å²) in [7, 11) is 2.10. The van der Waals surface area contributed by atoms with Crippen LogP contribution >= 0.6 is 0 Å². The van der Waals surface area contributed by atoms with Gasteiger partial charge in [-0.05, 0) is 36.8 Å². The van der Waals surface area contributed by atoms with E-state index >= 15 is 0 Å². The molecule has 102 valence electrons. The Hall–Kier alpha value is -1.09. The van der Waals surface area contributed by atoms with Gasteiger partial charge in [-0.1, -0.05) is 26.8 Å². The van der Waals surface area contributed by atoms with Gasteiger partial charge in [0.05, 0.1) is 0 Å². The number of pyridine rings is 1. The Labute approximate surface area is 111 Å². The van der Waals surface area contributed by atoms with Crippen LogP contribution in [0.4, 0.5) is 5.82 Å². The van der Waals surface area contributed by atoms with E-state index in [1.165, 1.54) is 11.1 Å². The minimum atomic E-state index is 0.185. The Balaban J connectivity index is 2.85. The molecule has 18 heavy (non-hydrogen) atoms. The van der Waals surface area contributed by atoms with Crippen LogP contribution < -0.4 is 10.6 Å². The van der Waals surface area contributed by atoms with Crippen molar-refractivity contribution in [2.75, 3.05) is 18.5 Å². The molecule has 0 radical (unpaired) electrons. The van der Waals surface area contributed by atoms with Crippen LogP contribution in [-0.4, -0.2) is 24.6 Å². The molecule has 1 atom stereocenters. The fourth-order valence-electron chi connectivity index (χ4n) is 2.30. The molecule has 1 aromatic heterocycles. The highest BCUT2D eigenvalue weighted by molar-refractivity contribution is 5.46. The summed E-state index contributed by atoms with van der Waals surface area (Å²) in [6.07, 6.45) is 2.84. The van der Waals surface area contributed by atoms with E-state index in [1.54, 1.807) is 0 Å². The highest BCUT2D eigenvalue weighted by Gasteiger charge is 2.16. The van der Waals surface area contributed by atoms with Gasteiger partial charge in [0.1, 0.15) is 5.82 Å². The average Bonchev–Trinajstić information content (AvgIpc) is 2.13. The molecule has 1 unspecified atom stereocenters. The van der Waals surface area contributed by atoms with E-state index in [9.17, 15) is 0 Å². The lowest BCUT2D eigenvalue weighted by molar-refractivity contribution is 0.417. The lowest BCUT2D eigenvalue weighted by atomic mass is 9.96. The van der Waals surface area contributed by atoms with Crippen LogP contribution in [0, 0.1) is 12.3 Å². The molecule has 0 saturated heterocycles. The predicted octanol–water partition coefficient (Wildman–Crippen LogP) is 2.76. The number of aromatic nitrogens is 1. The number of nitrogens with two attached hydrogens (primary N) is 1. The number of rotatable bonds is 4. The van der Waals surface area contributed by atoms with E-state index in [0.29, 0.717) is 0 Å². The number of hydrogen-bond donors (Lipinski definition) is 1. The zero-order valence-electron chi connectivity index (χ0n) is 12.6. The van der Waals surface area contributed by atoms with Crippen molar-refractivity contribution in [1.29, 1.82) is 0 Å². The topological polar surface area (TPSA) is 42.1 Å². The molecular formula is C15H27N3. The minimum absolute atomic E-state index is 0.185. The van der Waals surface area contributed by atoms with Gasteiger partial charge in [-0.3, -0.25) is 0 Å². The predicted molar refractivity (Wildman–Crippen MR) is 79.1 cm³/mol. The standard InChI is InChI=1S/C15H27N3/c1-11-7-13(8-12(2)16)9-17-14(11)18(6)10-15(3,4)5/h7,9,12H,8,10,16H2,1-6H3. The van der Waals surface area contributed by atoms with E-state index in [-0.39, 0.29) is 11.5 Å². The second kappa shape index (κ2) is 5.70. The van der Waals surface area contributed by atoms with Gasteiger partial charge < -0.3 is 10.6 Å². The number of aryl methyl sites for hydroxylation is 1. The van der Waals surface area contributed by atoms with Gasteiger partial charge in [-0.15, -0.1) is 0 Å². The van der Waals surface area contributed by atoms with E-state index in [1.807, 2.05) is 13.1 Å². The van der Waals surface area contributed by atoms with Gasteiger partial charge in [0.25, 0.3) is 0 Å². The Morgan fingerprint density at radius 2 is 2.00 bits per heavy atom. The van der Waals surface area contributed by atoms with Gasteiger partial charge in [0.15, 0.2) is 0 Å². The molecule has 3 nitrogen and oxygen atoms in total. The summed E-state index contributed by atoms with van der Waals surface area (Å²) in [5, 5.41) is 0. The van der Waals surface area contributed by atoms with Crippen LogP contribution in [0.1, 0.15) is 38.8 Å². The van der Waals surface area contributed by atoms with Crippen molar-refractivity contribution >= 4 is 5.82 Å². The third-order valence-corrected chi connectivity index (χ3v) is 2.74. The molecule has 1 heterocycles. The second-order valence-corrected chi connectivity index (χ2v) is 6.58. The SMILES string of the molecule is Cc1cc(CC(C)N)cnc1N(C)CC(C)(C)C. The highest BCUT2D eigenvalue weighted by atomic mass is 15.2. The van der Waals surface area contributed by atoms with Gasteiger partial charge in [-0.2, -0.15) is 0 Å². The minimum Gasteiger partial charge on any atom is -0.359 e. The molecule has 3 heteroatoms. The van der Waals surface area contributed by atoms with Crippen LogP contribution in [0.15, 0.2) is 12.3 Å². The fourth-order valence-corrected chi connectivity index (χ4v) is 2.30. The van der Waals surface area contributed by atoms with Crippen molar-refractivity contribution in [3.05, 3.63) is 23.4 Å². The smallest absolute Gasteiger partial charge is 0.131 e. The summed E-state index contributed by atoms with van der Waals surface area (Å²) < 4.78 is 0. The zero-order valence-corrected chi connectivity index (χ0v) is 12.6. The summed E-state index contributed by atoms with van der Waals surface area (Å²) in [4.78, 5) is 6.81. The molecule has 0 fully saturated rings. The molecule has 0 aliphatic carbocycles.